The van der Waals surface area contributed by atoms with Crippen LogP contribution >= 0.6 is 0 Å². The predicted molar refractivity (Wildman–Crippen MR) is 129 cm³/mol. The fraction of sp³-hybridized carbons (Fsp3) is 0.714. The number of carbonyl (C=O) groups is 6. The lowest BCUT2D eigenvalue weighted by Gasteiger charge is -2.24. The number of carbonyl (C=O) groups excluding carboxylic acids is 5. The Kier molecular flexibility index (Phi) is 16.4. The van der Waals surface area contributed by atoms with Gasteiger partial charge in [-0.1, -0.05) is 6.42 Å². The largest absolute Gasteiger partial charge is 0.480 e. The number of unbranched alkanes of at least 4 members (excludes halogenated alkanes) is 2. The summed E-state index contributed by atoms with van der Waals surface area (Å²) >= 11 is 0. The molecule has 0 heterocycles. The zero-order chi connectivity index (χ0) is 27.7. The molecule has 0 spiro atoms. The van der Waals surface area contributed by atoms with Crippen LogP contribution in [0.2, 0.25) is 0 Å². The van der Waals surface area contributed by atoms with E-state index in [9.17, 15) is 33.9 Å². The topological polar surface area (TPSA) is 289 Å². The van der Waals surface area contributed by atoms with Gasteiger partial charge in [0.05, 0.1) is 12.5 Å². The Bertz CT molecular complexity index is 765. The van der Waals surface area contributed by atoms with Gasteiger partial charge in [0.1, 0.15) is 18.1 Å². The molecule has 0 aromatic rings. The quantitative estimate of drug-likeness (QED) is 0.0712. The molecule has 0 saturated heterocycles. The molecule has 0 aromatic heterocycles. The van der Waals surface area contributed by atoms with Crippen molar-refractivity contribution >= 4 is 35.5 Å². The highest BCUT2D eigenvalue weighted by atomic mass is 16.4. The Balaban J connectivity index is 5.48. The summed E-state index contributed by atoms with van der Waals surface area (Å²) in [5, 5.41) is 16.4. The van der Waals surface area contributed by atoms with E-state index in [-0.39, 0.29) is 19.3 Å². The van der Waals surface area contributed by atoms with E-state index >= 15 is 0 Å². The molecular formula is C21H40N8O7. The molecule has 206 valence electrons. The standard InChI is InChI=1S/C21H40N8O7/c22-9-3-1-5-12(24)18(32)27-13(7-8-16(25)30)19(33)29-15(11-17(26)31)20(34)28-14(21(35)36)6-2-4-10-23/h12-15H,1-11,22-24H2,(H2,25,30)(H2,26,31)(H,27,32)(H,28,34)(H,29,33)(H,35,36). The highest BCUT2D eigenvalue weighted by Crippen LogP contribution is 2.06. The third-order valence-electron chi connectivity index (χ3n) is 5.22. The summed E-state index contributed by atoms with van der Waals surface area (Å²) in [6, 6.07) is -5.07. The highest BCUT2D eigenvalue weighted by Gasteiger charge is 2.31. The van der Waals surface area contributed by atoms with E-state index in [1.807, 2.05) is 0 Å². The number of carboxylic acid groups (broad SMARTS) is 1. The summed E-state index contributed by atoms with van der Waals surface area (Å²) in [4.78, 5) is 72.3. The molecule has 14 N–H and O–H groups in total. The maximum absolute atomic E-state index is 12.9. The molecule has 36 heavy (non-hydrogen) atoms. The van der Waals surface area contributed by atoms with Gasteiger partial charge in [-0.3, -0.25) is 24.0 Å². The lowest BCUT2D eigenvalue weighted by molar-refractivity contribution is -0.142. The first-order valence-corrected chi connectivity index (χ1v) is 11.8. The number of nitrogens with one attached hydrogen (secondary N) is 3. The lowest BCUT2D eigenvalue weighted by Crippen LogP contribution is -2.57. The van der Waals surface area contributed by atoms with Gasteiger partial charge >= 0.3 is 5.97 Å². The molecule has 0 bridgehead atoms. The van der Waals surface area contributed by atoms with Crippen molar-refractivity contribution in [2.75, 3.05) is 13.1 Å². The van der Waals surface area contributed by atoms with Crippen molar-refractivity contribution in [2.45, 2.75) is 82.0 Å². The number of amides is 5. The average molecular weight is 517 g/mol. The Morgan fingerprint density at radius 3 is 1.64 bits per heavy atom. The molecule has 0 aliphatic rings. The van der Waals surface area contributed by atoms with Crippen LogP contribution in [0.15, 0.2) is 0 Å². The molecule has 15 heteroatoms. The van der Waals surface area contributed by atoms with Crippen molar-refractivity contribution in [3.05, 3.63) is 0 Å². The van der Waals surface area contributed by atoms with Crippen LogP contribution in [0.1, 0.15) is 57.8 Å². The van der Waals surface area contributed by atoms with E-state index in [1.165, 1.54) is 0 Å². The number of rotatable bonds is 20. The van der Waals surface area contributed by atoms with E-state index in [1.54, 1.807) is 0 Å². The maximum atomic E-state index is 12.9. The minimum atomic E-state index is -1.53. The summed E-state index contributed by atoms with van der Waals surface area (Å²) in [5.41, 5.74) is 27.0. The number of carboxylic acids is 1. The van der Waals surface area contributed by atoms with Gasteiger partial charge < -0.3 is 49.7 Å². The normalized spacial score (nSPS) is 14.1. The fourth-order valence-electron chi connectivity index (χ4n) is 3.18. The monoisotopic (exact) mass is 516 g/mol. The van der Waals surface area contributed by atoms with E-state index in [2.05, 4.69) is 16.0 Å². The number of nitrogens with two attached hydrogens (primary N) is 5. The van der Waals surface area contributed by atoms with E-state index in [0.717, 1.165) is 0 Å². The average Bonchev–Trinajstić information content (AvgIpc) is 2.79. The van der Waals surface area contributed by atoms with Crippen LogP contribution in [0.4, 0.5) is 0 Å². The molecule has 4 unspecified atom stereocenters. The number of hydrogen-bond donors (Lipinski definition) is 9. The number of hydrogen-bond acceptors (Lipinski definition) is 9. The molecule has 4 atom stereocenters. The molecule has 0 radical (unpaired) electrons. The van der Waals surface area contributed by atoms with Gasteiger partial charge in [-0.15, -0.1) is 0 Å². The Labute approximate surface area is 209 Å². The molecule has 0 rings (SSSR count). The molecule has 0 aromatic carbocycles. The van der Waals surface area contributed by atoms with Crippen molar-refractivity contribution in [3.63, 3.8) is 0 Å². The summed E-state index contributed by atoms with van der Waals surface area (Å²) in [6.07, 6.45) is 1.47. The second kappa shape index (κ2) is 18.0. The summed E-state index contributed by atoms with van der Waals surface area (Å²) in [5.74, 6) is -5.51. The van der Waals surface area contributed by atoms with Gasteiger partial charge in [-0.25, -0.2) is 4.79 Å². The first kappa shape index (κ1) is 32.7. The molecule has 15 nitrogen and oxygen atoms in total. The van der Waals surface area contributed by atoms with Crippen LogP contribution in [-0.2, 0) is 28.8 Å². The third kappa shape index (κ3) is 14.2. The first-order chi connectivity index (χ1) is 16.9. The molecule has 0 aliphatic carbocycles. The summed E-state index contributed by atoms with van der Waals surface area (Å²) < 4.78 is 0. The van der Waals surface area contributed by atoms with Gasteiger partial charge in [0.2, 0.25) is 29.5 Å². The molecule has 5 amide bonds. The van der Waals surface area contributed by atoms with Crippen LogP contribution < -0.4 is 44.6 Å². The van der Waals surface area contributed by atoms with Gasteiger partial charge in [0, 0.05) is 6.42 Å². The Hall–Kier alpha value is -3.30. The fourth-order valence-corrected chi connectivity index (χ4v) is 3.18. The minimum Gasteiger partial charge on any atom is -0.480 e. The van der Waals surface area contributed by atoms with Gasteiger partial charge in [-0.05, 0) is 51.6 Å². The zero-order valence-corrected chi connectivity index (χ0v) is 20.4. The van der Waals surface area contributed by atoms with Gasteiger partial charge in [-0.2, -0.15) is 0 Å². The lowest BCUT2D eigenvalue weighted by atomic mass is 10.1. The number of aliphatic carboxylic acids is 1. The van der Waals surface area contributed by atoms with Crippen molar-refractivity contribution in [3.8, 4) is 0 Å². The van der Waals surface area contributed by atoms with E-state index < -0.39 is 66.1 Å². The molecule has 0 fully saturated rings. The van der Waals surface area contributed by atoms with Gasteiger partial charge in [0.25, 0.3) is 0 Å². The first-order valence-electron chi connectivity index (χ1n) is 11.8. The summed E-state index contributed by atoms with van der Waals surface area (Å²) in [6.45, 7) is 0.771. The van der Waals surface area contributed by atoms with Crippen LogP contribution in [0.25, 0.3) is 0 Å². The van der Waals surface area contributed by atoms with E-state index in [0.29, 0.717) is 45.2 Å². The Morgan fingerprint density at radius 2 is 1.14 bits per heavy atom. The predicted octanol–water partition coefficient (Wildman–Crippen LogP) is -3.75. The van der Waals surface area contributed by atoms with Crippen LogP contribution in [0, 0.1) is 0 Å². The van der Waals surface area contributed by atoms with Crippen molar-refractivity contribution in [2.24, 2.45) is 28.7 Å². The van der Waals surface area contributed by atoms with Crippen LogP contribution in [0.3, 0.4) is 0 Å². The number of primary amides is 2. The smallest absolute Gasteiger partial charge is 0.326 e. The molecular weight excluding hydrogens is 476 g/mol. The zero-order valence-electron chi connectivity index (χ0n) is 20.4. The maximum Gasteiger partial charge on any atom is 0.326 e. The van der Waals surface area contributed by atoms with Crippen molar-refractivity contribution in [1.82, 2.24) is 16.0 Å². The minimum absolute atomic E-state index is 0.0782. The SMILES string of the molecule is NCCCCC(N)C(=O)NC(CCC(N)=O)C(=O)NC(CC(N)=O)C(=O)NC(CCCCN)C(=O)O. The Morgan fingerprint density at radius 1 is 0.639 bits per heavy atom. The second-order valence-electron chi connectivity index (χ2n) is 8.37. The van der Waals surface area contributed by atoms with Crippen LogP contribution in [0.5, 0.6) is 0 Å². The second-order valence-corrected chi connectivity index (χ2v) is 8.37. The highest BCUT2D eigenvalue weighted by molar-refractivity contribution is 5.96. The van der Waals surface area contributed by atoms with Crippen LogP contribution in [-0.4, -0.2) is 77.9 Å². The summed E-state index contributed by atoms with van der Waals surface area (Å²) in [7, 11) is 0. The molecule has 0 aliphatic heterocycles. The van der Waals surface area contributed by atoms with E-state index in [4.69, 9.17) is 28.7 Å². The third-order valence-corrected chi connectivity index (χ3v) is 5.22. The van der Waals surface area contributed by atoms with Crippen molar-refractivity contribution in [1.29, 1.82) is 0 Å². The van der Waals surface area contributed by atoms with Gasteiger partial charge in [0.15, 0.2) is 0 Å². The van der Waals surface area contributed by atoms with Crippen molar-refractivity contribution < 1.29 is 33.9 Å². The molecule has 0 saturated carbocycles.